The minimum atomic E-state index is 0.164. The lowest BCUT2D eigenvalue weighted by Crippen LogP contribution is -2.43. The maximum atomic E-state index is 12.7. The van der Waals surface area contributed by atoms with Gasteiger partial charge >= 0.3 is 0 Å². The standard InChI is InChI=1S/C20H27N5O2/c1-24-9-6-21-19(24)18-13-17(22-14-23-18)12-15-2-7-25(8-3-15)20(26)16-4-10-27-11-5-16/h6,9,13-16H,2-5,7-8,10-12H2,1H3. The highest BCUT2D eigenvalue weighted by atomic mass is 16.5. The molecule has 144 valence electrons. The molecule has 2 aromatic rings. The summed E-state index contributed by atoms with van der Waals surface area (Å²) < 4.78 is 7.34. The molecule has 0 aromatic carbocycles. The van der Waals surface area contributed by atoms with Crippen LogP contribution in [0.1, 0.15) is 31.4 Å². The molecule has 7 nitrogen and oxygen atoms in total. The van der Waals surface area contributed by atoms with Crippen LogP contribution in [-0.4, -0.2) is 56.6 Å². The number of carbonyl (C=O) groups excluding carboxylic acids is 1. The first-order valence-corrected chi connectivity index (χ1v) is 9.86. The van der Waals surface area contributed by atoms with E-state index in [9.17, 15) is 4.79 Å². The fourth-order valence-corrected chi connectivity index (χ4v) is 4.10. The number of ether oxygens (including phenoxy) is 1. The monoisotopic (exact) mass is 369 g/mol. The average molecular weight is 369 g/mol. The van der Waals surface area contributed by atoms with E-state index in [4.69, 9.17) is 4.74 Å². The number of rotatable bonds is 4. The third-order valence-electron chi connectivity index (χ3n) is 5.77. The number of aryl methyl sites for hydroxylation is 1. The highest BCUT2D eigenvalue weighted by Gasteiger charge is 2.29. The van der Waals surface area contributed by atoms with Gasteiger partial charge in [0.25, 0.3) is 0 Å². The van der Waals surface area contributed by atoms with Crippen LogP contribution in [0.25, 0.3) is 11.5 Å². The van der Waals surface area contributed by atoms with E-state index in [1.165, 1.54) is 0 Å². The number of likely N-dealkylation sites (tertiary alicyclic amines) is 1. The Balaban J connectivity index is 1.33. The maximum Gasteiger partial charge on any atom is 0.225 e. The lowest BCUT2D eigenvalue weighted by Gasteiger charge is -2.35. The van der Waals surface area contributed by atoms with Crippen molar-refractivity contribution in [2.75, 3.05) is 26.3 Å². The predicted molar refractivity (Wildman–Crippen MR) is 101 cm³/mol. The van der Waals surface area contributed by atoms with Crippen LogP contribution in [0.15, 0.2) is 24.8 Å². The highest BCUT2D eigenvalue weighted by molar-refractivity contribution is 5.79. The average Bonchev–Trinajstić information content (AvgIpc) is 3.15. The molecule has 0 aliphatic carbocycles. The summed E-state index contributed by atoms with van der Waals surface area (Å²) in [7, 11) is 1.97. The third-order valence-corrected chi connectivity index (χ3v) is 5.77. The van der Waals surface area contributed by atoms with Crippen molar-refractivity contribution < 1.29 is 9.53 Å². The number of hydrogen-bond donors (Lipinski definition) is 0. The summed E-state index contributed by atoms with van der Waals surface area (Å²) in [5, 5.41) is 0. The maximum absolute atomic E-state index is 12.7. The molecule has 2 aromatic heterocycles. The van der Waals surface area contributed by atoms with Gasteiger partial charge in [0.1, 0.15) is 12.0 Å². The zero-order valence-electron chi connectivity index (χ0n) is 15.9. The highest BCUT2D eigenvalue weighted by Crippen LogP contribution is 2.25. The van der Waals surface area contributed by atoms with Crippen LogP contribution in [0, 0.1) is 11.8 Å². The number of carbonyl (C=O) groups is 1. The summed E-state index contributed by atoms with van der Waals surface area (Å²) in [6, 6.07) is 2.04. The largest absolute Gasteiger partial charge is 0.381 e. The molecule has 27 heavy (non-hydrogen) atoms. The number of hydrogen-bond acceptors (Lipinski definition) is 5. The zero-order chi connectivity index (χ0) is 18.6. The fourth-order valence-electron chi connectivity index (χ4n) is 4.10. The Bertz CT molecular complexity index is 776. The second-order valence-corrected chi connectivity index (χ2v) is 7.62. The van der Waals surface area contributed by atoms with Gasteiger partial charge in [0.2, 0.25) is 5.91 Å². The Kier molecular flexibility index (Phi) is 5.48. The molecule has 4 heterocycles. The molecule has 7 heteroatoms. The van der Waals surface area contributed by atoms with E-state index < -0.39 is 0 Å². The number of nitrogens with zero attached hydrogens (tertiary/aromatic N) is 5. The van der Waals surface area contributed by atoms with E-state index in [1.54, 1.807) is 12.5 Å². The van der Waals surface area contributed by atoms with Crippen LogP contribution in [0.5, 0.6) is 0 Å². The third kappa shape index (κ3) is 4.18. The minimum Gasteiger partial charge on any atom is -0.381 e. The van der Waals surface area contributed by atoms with E-state index in [1.807, 2.05) is 23.9 Å². The minimum absolute atomic E-state index is 0.164. The van der Waals surface area contributed by atoms with Gasteiger partial charge in [0.05, 0.1) is 0 Å². The molecule has 0 unspecified atom stereocenters. The van der Waals surface area contributed by atoms with Gasteiger partial charge < -0.3 is 14.2 Å². The first-order chi connectivity index (χ1) is 13.2. The van der Waals surface area contributed by atoms with Crippen molar-refractivity contribution in [3.8, 4) is 11.5 Å². The van der Waals surface area contributed by atoms with Crippen molar-refractivity contribution in [2.45, 2.75) is 32.1 Å². The topological polar surface area (TPSA) is 73.1 Å². The van der Waals surface area contributed by atoms with Crippen molar-refractivity contribution in [2.24, 2.45) is 18.9 Å². The van der Waals surface area contributed by atoms with E-state index >= 15 is 0 Å². The molecule has 0 N–H and O–H groups in total. The zero-order valence-corrected chi connectivity index (χ0v) is 15.9. The second-order valence-electron chi connectivity index (χ2n) is 7.62. The normalized spacial score (nSPS) is 19.4. The summed E-state index contributed by atoms with van der Waals surface area (Å²) in [6.45, 7) is 3.16. The first-order valence-electron chi connectivity index (χ1n) is 9.86. The van der Waals surface area contributed by atoms with Gasteiger partial charge in [-0.05, 0) is 44.1 Å². The number of piperidine rings is 1. The Morgan fingerprint density at radius 3 is 2.63 bits per heavy atom. The SMILES string of the molecule is Cn1ccnc1-c1cc(CC2CCN(C(=O)C3CCOCC3)CC2)ncn1. The molecule has 2 aliphatic rings. The Hall–Kier alpha value is -2.28. The van der Waals surface area contributed by atoms with E-state index in [0.717, 1.165) is 75.6 Å². The first kappa shape index (κ1) is 18.1. The van der Waals surface area contributed by atoms with Gasteiger partial charge in [-0.15, -0.1) is 0 Å². The van der Waals surface area contributed by atoms with Crippen LogP contribution in [0.4, 0.5) is 0 Å². The predicted octanol–water partition coefficient (Wildman–Crippen LogP) is 2.08. The van der Waals surface area contributed by atoms with Crippen molar-refractivity contribution in [1.82, 2.24) is 24.4 Å². The van der Waals surface area contributed by atoms with Crippen molar-refractivity contribution in [3.05, 3.63) is 30.5 Å². The summed E-state index contributed by atoms with van der Waals surface area (Å²) in [4.78, 5) is 27.9. The van der Waals surface area contributed by atoms with Crippen LogP contribution < -0.4 is 0 Å². The molecular formula is C20H27N5O2. The summed E-state index contributed by atoms with van der Waals surface area (Å²) in [5.41, 5.74) is 1.91. The quantitative estimate of drug-likeness (QED) is 0.825. The van der Waals surface area contributed by atoms with E-state index in [2.05, 4.69) is 19.9 Å². The molecule has 0 radical (unpaired) electrons. The molecule has 0 atom stereocenters. The Morgan fingerprint density at radius 2 is 1.93 bits per heavy atom. The van der Waals surface area contributed by atoms with Gasteiger partial charge in [-0.25, -0.2) is 15.0 Å². The van der Waals surface area contributed by atoms with Gasteiger partial charge in [0.15, 0.2) is 5.82 Å². The second kappa shape index (κ2) is 8.17. The molecule has 4 rings (SSSR count). The van der Waals surface area contributed by atoms with Crippen LogP contribution in [0.2, 0.25) is 0 Å². The molecule has 2 aliphatic heterocycles. The molecule has 0 spiro atoms. The summed E-state index contributed by atoms with van der Waals surface area (Å²) in [6.07, 6.45) is 10.1. The number of amides is 1. The van der Waals surface area contributed by atoms with E-state index in [-0.39, 0.29) is 5.92 Å². The van der Waals surface area contributed by atoms with Crippen molar-refractivity contribution in [3.63, 3.8) is 0 Å². The number of aromatic nitrogens is 4. The molecule has 1 amide bonds. The summed E-state index contributed by atoms with van der Waals surface area (Å²) in [5.74, 6) is 1.91. The van der Waals surface area contributed by atoms with Gasteiger partial charge in [0, 0.05) is 57.4 Å². The lowest BCUT2D eigenvalue weighted by molar-refractivity contribution is -0.139. The van der Waals surface area contributed by atoms with Crippen molar-refractivity contribution >= 4 is 5.91 Å². The fraction of sp³-hybridized carbons (Fsp3) is 0.600. The van der Waals surface area contributed by atoms with Gasteiger partial charge in [-0.3, -0.25) is 4.79 Å². The Morgan fingerprint density at radius 1 is 1.15 bits per heavy atom. The lowest BCUT2D eigenvalue weighted by atomic mass is 9.90. The molecular weight excluding hydrogens is 342 g/mol. The van der Waals surface area contributed by atoms with Crippen LogP contribution in [-0.2, 0) is 23.0 Å². The molecule has 0 bridgehead atoms. The van der Waals surface area contributed by atoms with Gasteiger partial charge in [-0.2, -0.15) is 0 Å². The molecule has 2 saturated heterocycles. The molecule has 0 saturated carbocycles. The molecule has 2 fully saturated rings. The van der Waals surface area contributed by atoms with Crippen LogP contribution >= 0.6 is 0 Å². The van der Waals surface area contributed by atoms with Gasteiger partial charge in [-0.1, -0.05) is 0 Å². The smallest absolute Gasteiger partial charge is 0.225 e. The van der Waals surface area contributed by atoms with Crippen LogP contribution in [0.3, 0.4) is 0 Å². The number of imidazole rings is 1. The summed E-state index contributed by atoms with van der Waals surface area (Å²) >= 11 is 0. The van der Waals surface area contributed by atoms with Crippen molar-refractivity contribution in [1.29, 1.82) is 0 Å². The Labute approximate surface area is 159 Å². The van der Waals surface area contributed by atoms with E-state index in [0.29, 0.717) is 11.8 Å².